The second-order valence-electron chi connectivity index (χ2n) is 6.30. The molecule has 0 amide bonds. The number of anilines is 1. The average molecular weight is 343 g/mol. The van der Waals surface area contributed by atoms with Gasteiger partial charge in [0.25, 0.3) is 0 Å². The van der Waals surface area contributed by atoms with Crippen LogP contribution in [-0.4, -0.2) is 24.7 Å². The van der Waals surface area contributed by atoms with Gasteiger partial charge in [-0.05, 0) is 47.3 Å². The highest BCUT2D eigenvalue weighted by Crippen LogP contribution is 2.35. The summed E-state index contributed by atoms with van der Waals surface area (Å²) in [4.78, 5) is 2.24. The van der Waals surface area contributed by atoms with E-state index in [9.17, 15) is 4.39 Å². The van der Waals surface area contributed by atoms with Crippen molar-refractivity contribution in [3.63, 3.8) is 0 Å². The Morgan fingerprint density at radius 1 is 1.50 bits per heavy atom. The Hall–Kier alpha value is -0.610. The standard InChI is InChI=1S/C16H24BrFN2/c1-5-16(4)10-20(14(9-19-16)11(2)3)15-12(17)7-6-8-13(15)18/h6-8,11,14,19H,5,9-10H2,1-4H3. The largest absolute Gasteiger partial charge is 0.362 e. The van der Waals surface area contributed by atoms with Crippen LogP contribution in [0.3, 0.4) is 0 Å². The molecule has 0 aliphatic carbocycles. The quantitative estimate of drug-likeness (QED) is 0.885. The van der Waals surface area contributed by atoms with E-state index in [0.29, 0.717) is 17.6 Å². The van der Waals surface area contributed by atoms with E-state index in [1.54, 1.807) is 12.1 Å². The van der Waals surface area contributed by atoms with Gasteiger partial charge in [-0.25, -0.2) is 4.39 Å². The van der Waals surface area contributed by atoms with Crippen molar-refractivity contribution >= 4 is 21.6 Å². The van der Waals surface area contributed by atoms with Crippen molar-refractivity contribution in [3.8, 4) is 0 Å². The molecule has 0 saturated carbocycles. The Kier molecular flexibility index (Phi) is 4.75. The Morgan fingerprint density at radius 2 is 2.20 bits per heavy atom. The molecule has 1 aromatic rings. The maximum absolute atomic E-state index is 14.3. The number of piperazine rings is 1. The third kappa shape index (κ3) is 3.01. The van der Waals surface area contributed by atoms with Gasteiger partial charge in [-0.3, -0.25) is 0 Å². The molecule has 4 heteroatoms. The molecule has 1 saturated heterocycles. The molecule has 0 radical (unpaired) electrons. The Bertz CT molecular complexity index is 457. The van der Waals surface area contributed by atoms with Crippen LogP contribution in [0.5, 0.6) is 0 Å². The van der Waals surface area contributed by atoms with Gasteiger partial charge >= 0.3 is 0 Å². The molecule has 1 N–H and O–H groups in total. The molecule has 2 nitrogen and oxygen atoms in total. The number of hydrogen-bond donors (Lipinski definition) is 1. The molecule has 1 aromatic carbocycles. The first-order chi connectivity index (χ1) is 9.38. The highest BCUT2D eigenvalue weighted by Gasteiger charge is 2.37. The van der Waals surface area contributed by atoms with Crippen molar-refractivity contribution < 1.29 is 4.39 Å². The van der Waals surface area contributed by atoms with Gasteiger partial charge in [-0.1, -0.05) is 26.8 Å². The van der Waals surface area contributed by atoms with Gasteiger partial charge in [0.2, 0.25) is 0 Å². The molecule has 2 atom stereocenters. The fraction of sp³-hybridized carbons (Fsp3) is 0.625. The number of hydrogen-bond acceptors (Lipinski definition) is 2. The maximum Gasteiger partial charge on any atom is 0.147 e. The molecule has 2 rings (SSSR count). The van der Waals surface area contributed by atoms with Crippen LogP contribution in [0.1, 0.15) is 34.1 Å². The topological polar surface area (TPSA) is 15.3 Å². The molecule has 112 valence electrons. The third-order valence-corrected chi connectivity index (χ3v) is 5.07. The Morgan fingerprint density at radius 3 is 2.75 bits per heavy atom. The van der Waals surface area contributed by atoms with Crippen LogP contribution in [0.25, 0.3) is 0 Å². The van der Waals surface area contributed by atoms with E-state index in [2.05, 4.69) is 53.8 Å². The molecule has 2 unspecified atom stereocenters. The fourth-order valence-electron chi connectivity index (χ4n) is 2.85. The van der Waals surface area contributed by atoms with Crippen LogP contribution >= 0.6 is 15.9 Å². The minimum atomic E-state index is -0.148. The van der Waals surface area contributed by atoms with E-state index < -0.39 is 0 Å². The number of rotatable bonds is 3. The lowest BCUT2D eigenvalue weighted by Crippen LogP contribution is -2.64. The lowest BCUT2D eigenvalue weighted by atomic mass is 9.89. The summed E-state index contributed by atoms with van der Waals surface area (Å²) in [6, 6.07) is 5.51. The van der Waals surface area contributed by atoms with Gasteiger partial charge in [-0.15, -0.1) is 0 Å². The summed E-state index contributed by atoms with van der Waals surface area (Å²) in [6.07, 6.45) is 1.03. The van der Waals surface area contributed by atoms with E-state index in [1.807, 2.05) is 6.07 Å². The van der Waals surface area contributed by atoms with Crippen molar-refractivity contribution in [2.24, 2.45) is 5.92 Å². The smallest absolute Gasteiger partial charge is 0.147 e. The first-order valence-electron chi connectivity index (χ1n) is 7.33. The van der Waals surface area contributed by atoms with Gasteiger partial charge < -0.3 is 10.2 Å². The first-order valence-corrected chi connectivity index (χ1v) is 8.13. The predicted octanol–water partition coefficient (Wildman–Crippen LogP) is 4.19. The van der Waals surface area contributed by atoms with Crippen molar-refractivity contribution in [2.45, 2.75) is 45.7 Å². The summed E-state index contributed by atoms with van der Waals surface area (Å²) in [6.45, 7) is 10.5. The lowest BCUT2D eigenvalue weighted by molar-refractivity contribution is 0.251. The number of halogens is 2. The zero-order valence-corrected chi connectivity index (χ0v) is 14.3. The number of nitrogens with one attached hydrogen (secondary N) is 1. The molecule has 0 spiro atoms. The Balaban J connectivity index is 2.42. The van der Waals surface area contributed by atoms with E-state index in [1.165, 1.54) is 0 Å². The van der Waals surface area contributed by atoms with Crippen LogP contribution in [-0.2, 0) is 0 Å². The van der Waals surface area contributed by atoms with E-state index in [4.69, 9.17) is 0 Å². The van der Waals surface area contributed by atoms with Crippen LogP contribution in [0.2, 0.25) is 0 Å². The molecular weight excluding hydrogens is 319 g/mol. The summed E-state index contributed by atoms with van der Waals surface area (Å²) in [7, 11) is 0. The summed E-state index contributed by atoms with van der Waals surface area (Å²) < 4.78 is 15.2. The molecule has 0 bridgehead atoms. The van der Waals surface area contributed by atoms with Crippen LogP contribution in [0.4, 0.5) is 10.1 Å². The molecule has 0 aromatic heterocycles. The van der Waals surface area contributed by atoms with E-state index in [-0.39, 0.29) is 11.4 Å². The summed E-state index contributed by atoms with van der Waals surface area (Å²) in [5.74, 6) is 0.320. The molecule has 1 aliphatic heterocycles. The number of benzene rings is 1. The van der Waals surface area contributed by atoms with Gasteiger partial charge in [0.1, 0.15) is 5.82 Å². The minimum absolute atomic E-state index is 0.0348. The van der Waals surface area contributed by atoms with Gasteiger partial charge in [0, 0.05) is 29.1 Å². The zero-order chi connectivity index (χ0) is 14.9. The predicted molar refractivity (Wildman–Crippen MR) is 86.8 cm³/mol. The number of para-hydroxylation sites is 1. The van der Waals surface area contributed by atoms with Crippen molar-refractivity contribution in [3.05, 3.63) is 28.5 Å². The van der Waals surface area contributed by atoms with Crippen molar-refractivity contribution in [1.29, 1.82) is 0 Å². The lowest BCUT2D eigenvalue weighted by Gasteiger charge is -2.49. The number of nitrogens with zero attached hydrogens (tertiary/aromatic N) is 1. The highest BCUT2D eigenvalue weighted by atomic mass is 79.9. The van der Waals surface area contributed by atoms with Gasteiger partial charge in [-0.2, -0.15) is 0 Å². The van der Waals surface area contributed by atoms with Crippen LogP contribution in [0, 0.1) is 11.7 Å². The highest BCUT2D eigenvalue weighted by molar-refractivity contribution is 9.10. The fourth-order valence-corrected chi connectivity index (χ4v) is 3.42. The molecule has 20 heavy (non-hydrogen) atoms. The van der Waals surface area contributed by atoms with Crippen LogP contribution < -0.4 is 10.2 Å². The van der Waals surface area contributed by atoms with Crippen molar-refractivity contribution in [1.82, 2.24) is 5.32 Å². The summed E-state index contributed by atoms with van der Waals surface area (Å²) in [5, 5.41) is 3.64. The van der Waals surface area contributed by atoms with Gasteiger partial charge in [0.05, 0.1) is 5.69 Å². The zero-order valence-electron chi connectivity index (χ0n) is 12.7. The minimum Gasteiger partial charge on any atom is -0.362 e. The molecule has 1 heterocycles. The van der Waals surface area contributed by atoms with E-state index >= 15 is 0 Å². The SMILES string of the molecule is CCC1(C)CN(c2c(F)cccc2Br)C(C(C)C)CN1. The Labute approximate surface area is 129 Å². The van der Waals surface area contributed by atoms with E-state index in [0.717, 1.165) is 24.0 Å². The second-order valence-corrected chi connectivity index (χ2v) is 7.16. The van der Waals surface area contributed by atoms with Gasteiger partial charge in [0.15, 0.2) is 0 Å². The third-order valence-electron chi connectivity index (χ3n) is 4.43. The summed E-state index contributed by atoms with van der Waals surface area (Å²) in [5.41, 5.74) is 0.736. The molecule has 1 aliphatic rings. The molecular formula is C16H24BrFN2. The molecule has 1 fully saturated rings. The first kappa shape index (κ1) is 15.8. The average Bonchev–Trinajstić information content (AvgIpc) is 2.38. The van der Waals surface area contributed by atoms with Crippen LogP contribution in [0.15, 0.2) is 22.7 Å². The normalized spacial score (nSPS) is 27.1. The second kappa shape index (κ2) is 6.02. The maximum atomic E-state index is 14.3. The monoisotopic (exact) mass is 342 g/mol. The van der Waals surface area contributed by atoms with Crippen molar-refractivity contribution in [2.75, 3.05) is 18.0 Å². The summed E-state index contributed by atoms with van der Waals surface area (Å²) >= 11 is 3.52.